The van der Waals surface area contributed by atoms with E-state index in [2.05, 4.69) is 15.5 Å². The molecule has 0 aliphatic rings. The van der Waals surface area contributed by atoms with Crippen LogP contribution in [0.15, 0.2) is 36.7 Å². The van der Waals surface area contributed by atoms with Crippen LogP contribution in [-0.2, 0) is 6.18 Å². The molecule has 1 heterocycles. The van der Waals surface area contributed by atoms with E-state index < -0.39 is 23.7 Å². The van der Waals surface area contributed by atoms with E-state index in [1.807, 2.05) is 0 Å². The van der Waals surface area contributed by atoms with E-state index in [1.165, 1.54) is 24.5 Å². The second-order valence-corrected chi connectivity index (χ2v) is 4.31. The first kappa shape index (κ1) is 14.1. The minimum Gasteiger partial charge on any atom is -0.345 e. The number of nitrogens with one attached hydrogen (secondary N) is 2. The Labute approximate surface area is 113 Å². The molecule has 4 nitrogen and oxygen atoms in total. The van der Waals surface area contributed by atoms with Crippen molar-refractivity contribution in [1.29, 1.82) is 0 Å². The van der Waals surface area contributed by atoms with E-state index in [-0.39, 0.29) is 0 Å². The van der Waals surface area contributed by atoms with E-state index in [0.29, 0.717) is 11.1 Å². The highest BCUT2D eigenvalue weighted by Gasteiger charge is 2.30. The molecule has 0 fully saturated rings. The van der Waals surface area contributed by atoms with Crippen LogP contribution in [0.25, 0.3) is 0 Å². The number of alkyl halides is 3. The highest BCUT2D eigenvalue weighted by molar-refractivity contribution is 5.93. The van der Waals surface area contributed by atoms with E-state index in [0.717, 1.165) is 12.1 Å². The maximum atomic E-state index is 12.6. The van der Waals surface area contributed by atoms with Gasteiger partial charge in [-0.2, -0.15) is 18.3 Å². The van der Waals surface area contributed by atoms with Gasteiger partial charge in [0.1, 0.15) is 0 Å². The summed E-state index contributed by atoms with van der Waals surface area (Å²) in [6, 6.07) is 4.34. The summed E-state index contributed by atoms with van der Waals surface area (Å²) in [5.74, 6) is -0.399. The van der Waals surface area contributed by atoms with E-state index in [9.17, 15) is 18.0 Å². The molecule has 106 valence electrons. The van der Waals surface area contributed by atoms with Gasteiger partial charge in [0.15, 0.2) is 0 Å². The monoisotopic (exact) mass is 283 g/mol. The van der Waals surface area contributed by atoms with Crippen molar-refractivity contribution in [3.05, 3.63) is 53.3 Å². The second kappa shape index (κ2) is 5.36. The molecular weight excluding hydrogens is 271 g/mol. The lowest BCUT2D eigenvalue weighted by atomic mass is 10.0. The number of halogens is 3. The molecule has 2 aromatic rings. The van der Waals surface area contributed by atoms with Crippen LogP contribution in [-0.4, -0.2) is 16.1 Å². The number of hydrogen-bond donors (Lipinski definition) is 2. The molecule has 2 N–H and O–H groups in total. The number of rotatable bonds is 3. The maximum Gasteiger partial charge on any atom is 0.416 e. The minimum absolute atomic E-state index is 0.323. The predicted octanol–water partition coefficient (Wildman–Crippen LogP) is 2.92. The van der Waals surface area contributed by atoms with Gasteiger partial charge in [-0.1, -0.05) is 12.1 Å². The molecule has 20 heavy (non-hydrogen) atoms. The first-order chi connectivity index (χ1) is 9.38. The number of aromatic amines is 1. The van der Waals surface area contributed by atoms with Crippen LogP contribution < -0.4 is 5.32 Å². The Balaban J connectivity index is 2.13. The molecule has 0 aliphatic heterocycles. The fourth-order valence-corrected chi connectivity index (χ4v) is 1.72. The largest absolute Gasteiger partial charge is 0.416 e. The summed E-state index contributed by atoms with van der Waals surface area (Å²) in [5.41, 5.74) is -0.0279. The number of amides is 1. The fourth-order valence-electron chi connectivity index (χ4n) is 1.72. The highest BCUT2D eigenvalue weighted by atomic mass is 19.4. The van der Waals surface area contributed by atoms with Crippen LogP contribution in [0.1, 0.15) is 34.5 Å². The van der Waals surface area contributed by atoms with Gasteiger partial charge in [0.05, 0.1) is 23.4 Å². The highest BCUT2D eigenvalue weighted by Crippen LogP contribution is 2.30. The van der Waals surface area contributed by atoms with Crippen molar-refractivity contribution in [3.63, 3.8) is 0 Å². The predicted molar refractivity (Wildman–Crippen MR) is 65.9 cm³/mol. The third-order valence-corrected chi connectivity index (χ3v) is 2.82. The SMILES string of the molecule is C[C@H](NC(=O)c1cn[nH]c1)c1cccc(C(F)(F)F)c1. The van der Waals surface area contributed by atoms with Gasteiger partial charge in [0.2, 0.25) is 0 Å². The van der Waals surface area contributed by atoms with E-state index in [4.69, 9.17) is 0 Å². The molecule has 0 unspecified atom stereocenters. The third kappa shape index (κ3) is 3.17. The van der Waals surface area contributed by atoms with Gasteiger partial charge < -0.3 is 5.32 Å². The molecule has 0 saturated heterocycles. The molecular formula is C13H12F3N3O. The van der Waals surface area contributed by atoms with Gasteiger partial charge in [-0.3, -0.25) is 9.89 Å². The van der Waals surface area contributed by atoms with Crippen molar-refractivity contribution in [2.24, 2.45) is 0 Å². The van der Waals surface area contributed by atoms with Crippen LogP contribution in [0.3, 0.4) is 0 Å². The first-order valence-electron chi connectivity index (χ1n) is 5.84. The Morgan fingerprint density at radius 2 is 2.15 bits per heavy atom. The second-order valence-electron chi connectivity index (χ2n) is 4.31. The van der Waals surface area contributed by atoms with Crippen molar-refractivity contribution < 1.29 is 18.0 Å². The zero-order valence-electron chi connectivity index (χ0n) is 10.5. The van der Waals surface area contributed by atoms with E-state index in [1.54, 1.807) is 6.92 Å². The molecule has 1 atom stereocenters. The van der Waals surface area contributed by atoms with Crippen LogP contribution in [0.5, 0.6) is 0 Å². The normalized spacial score (nSPS) is 13.0. The Kier molecular flexibility index (Phi) is 3.78. The zero-order valence-corrected chi connectivity index (χ0v) is 10.5. The number of nitrogens with zero attached hydrogens (tertiary/aromatic N) is 1. The lowest BCUT2D eigenvalue weighted by molar-refractivity contribution is -0.137. The topological polar surface area (TPSA) is 57.8 Å². The summed E-state index contributed by atoms with van der Waals surface area (Å²) < 4.78 is 37.9. The Morgan fingerprint density at radius 1 is 1.40 bits per heavy atom. The summed E-state index contributed by atoms with van der Waals surface area (Å²) in [7, 11) is 0. The molecule has 0 saturated carbocycles. The number of carbonyl (C=O) groups is 1. The van der Waals surface area contributed by atoms with Gasteiger partial charge >= 0.3 is 6.18 Å². The lowest BCUT2D eigenvalue weighted by Crippen LogP contribution is -2.26. The zero-order chi connectivity index (χ0) is 14.8. The first-order valence-corrected chi connectivity index (χ1v) is 5.84. The van der Waals surface area contributed by atoms with Crippen LogP contribution >= 0.6 is 0 Å². The van der Waals surface area contributed by atoms with Crippen molar-refractivity contribution in [1.82, 2.24) is 15.5 Å². The van der Waals surface area contributed by atoms with Crippen LogP contribution in [0.2, 0.25) is 0 Å². The molecule has 0 radical (unpaired) electrons. The van der Waals surface area contributed by atoms with Crippen molar-refractivity contribution in [2.45, 2.75) is 19.1 Å². The van der Waals surface area contributed by atoms with Gasteiger partial charge in [0.25, 0.3) is 5.91 Å². The van der Waals surface area contributed by atoms with Crippen LogP contribution in [0, 0.1) is 0 Å². The average molecular weight is 283 g/mol. The van der Waals surface area contributed by atoms with E-state index >= 15 is 0 Å². The summed E-state index contributed by atoms with van der Waals surface area (Å²) >= 11 is 0. The quantitative estimate of drug-likeness (QED) is 0.910. The molecule has 0 aliphatic carbocycles. The van der Waals surface area contributed by atoms with Crippen molar-refractivity contribution in [2.75, 3.05) is 0 Å². The van der Waals surface area contributed by atoms with Gasteiger partial charge in [-0.05, 0) is 24.6 Å². The minimum atomic E-state index is -4.40. The number of aromatic nitrogens is 2. The Morgan fingerprint density at radius 3 is 2.75 bits per heavy atom. The number of carbonyl (C=O) groups excluding carboxylic acids is 1. The molecule has 1 aromatic carbocycles. The molecule has 0 bridgehead atoms. The Bertz CT molecular complexity index is 593. The van der Waals surface area contributed by atoms with Gasteiger partial charge in [-0.25, -0.2) is 0 Å². The summed E-state index contributed by atoms with van der Waals surface area (Å²) in [6.07, 6.45) is -1.65. The number of benzene rings is 1. The number of hydrogen-bond acceptors (Lipinski definition) is 2. The molecule has 2 rings (SSSR count). The standard InChI is InChI=1S/C13H12F3N3O/c1-8(19-12(20)10-6-17-18-7-10)9-3-2-4-11(5-9)13(14,15)16/h2-8H,1H3,(H,17,18)(H,19,20)/t8-/m0/s1. The number of H-pyrrole nitrogens is 1. The average Bonchev–Trinajstić information content (AvgIpc) is 2.91. The lowest BCUT2D eigenvalue weighted by Gasteiger charge is -2.15. The molecule has 1 aromatic heterocycles. The summed E-state index contributed by atoms with van der Waals surface area (Å²) in [6.45, 7) is 1.62. The fraction of sp³-hybridized carbons (Fsp3) is 0.231. The molecule has 0 spiro atoms. The molecule has 1 amide bonds. The maximum absolute atomic E-state index is 12.6. The Hall–Kier alpha value is -2.31. The van der Waals surface area contributed by atoms with Crippen molar-refractivity contribution >= 4 is 5.91 Å². The van der Waals surface area contributed by atoms with Gasteiger partial charge in [-0.15, -0.1) is 0 Å². The van der Waals surface area contributed by atoms with Crippen LogP contribution in [0.4, 0.5) is 13.2 Å². The smallest absolute Gasteiger partial charge is 0.345 e. The summed E-state index contributed by atoms with van der Waals surface area (Å²) in [4.78, 5) is 11.8. The van der Waals surface area contributed by atoms with Gasteiger partial charge in [0, 0.05) is 6.20 Å². The summed E-state index contributed by atoms with van der Waals surface area (Å²) in [5, 5.41) is 8.74. The third-order valence-electron chi connectivity index (χ3n) is 2.82. The molecule has 7 heteroatoms. The van der Waals surface area contributed by atoms with Crippen molar-refractivity contribution in [3.8, 4) is 0 Å².